The Morgan fingerprint density at radius 3 is 2.44 bits per heavy atom. The number of benzene rings is 1. The van der Waals surface area contributed by atoms with E-state index in [2.05, 4.69) is 15.5 Å². The van der Waals surface area contributed by atoms with Gasteiger partial charge in [0.25, 0.3) is 5.91 Å². The summed E-state index contributed by atoms with van der Waals surface area (Å²) in [7, 11) is 0. The largest absolute Gasteiger partial charge is 0.354 e. The van der Waals surface area contributed by atoms with Crippen LogP contribution in [0.5, 0.6) is 0 Å². The Kier molecular flexibility index (Phi) is 9.08. The molecule has 2 unspecified atom stereocenters. The summed E-state index contributed by atoms with van der Waals surface area (Å²) in [6, 6.07) is 6.15. The van der Waals surface area contributed by atoms with Crippen molar-refractivity contribution >= 4 is 23.4 Å². The predicted molar refractivity (Wildman–Crippen MR) is 110 cm³/mol. The third-order valence-electron chi connectivity index (χ3n) is 5.29. The minimum Gasteiger partial charge on any atom is -0.354 e. The molecule has 2 rings (SSSR count). The molecule has 1 aliphatic rings. The van der Waals surface area contributed by atoms with Crippen molar-refractivity contribution in [3.63, 3.8) is 0 Å². The number of hydrogen-bond acceptors (Lipinski definition) is 3. The summed E-state index contributed by atoms with van der Waals surface area (Å²) in [5.74, 6) is -0.297. The van der Waals surface area contributed by atoms with E-state index in [9.17, 15) is 9.59 Å². The monoisotopic (exact) mass is 393 g/mol. The predicted octanol–water partition coefficient (Wildman–Crippen LogP) is 3.48. The van der Waals surface area contributed by atoms with Crippen molar-refractivity contribution in [2.45, 2.75) is 52.0 Å². The second-order valence-electron chi connectivity index (χ2n) is 7.39. The van der Waals surface area contributed by atoms with Crippen LogP contribution in [0.1, 0.15) is 56.3 Å². The highest BCUT2D eigenvalue weighted by atomic mass is 35.5. The van der Waals surface area contributed by atoms with Crippen molar-refractivity contribution in [3.05, 3.63) is 34.9 Å². The second kappa shape index (κ2) is 11.3. The summed E-state index contributed by atoms with van der Waals surface area (Å²) in [6.45, 7) is 8.00. The van der Waals surface area contributed by atoms with Crippen LogP contribution >= 0.6 is 11.6 Å². The highest BCUT2D eigenvalue weighted by Gasteiger charge is 2.26. The standard InChI is InChI=1S/C21H32ClN3O2/c1-3-16(2)19(24-20(26)17-8-10-18(22)11-9-17)21(27)23-12-7-15-25-13-5-4-6-14-25/h8-11,16,19H,3-7,12-15H2,1-2H3,(H,23,27)(H,24,26). The lowest BCUT2D eigenvalue weighted by molar-refractivity contribution is -0.124. The quantitative estimate of drug-likeness (QED) is 0.631. The van der Waals surface area contributed by atoms with Crippen LogP contribution in [0.4, 0.5) is 0 Å². The summed E-state index contributed by atoms with van der Waals surface area (Å²) in [5, 5.41) is 6.47. The molecule has 5 nitrogen and oxygen atoms in total. The van der Waals surface area contributed by atoms with Crippen LogP contribution in [0.2, 0.25) is 5.02 Å². The van der Waals surface area contributed by atoms with Gasteiger partial charge < -0.3 is 15.5 Å². The summed E-state index contributed by atoms with van der Waals surface area (Å²) in [5.41, 5.74) is 0.505. The Bertz CT molecular complexity index is 600. The van der Waals surface area contributed by atoms with E-state index in [1.807, 2.05) is 13.8 Å². The van der Waals surface area contributed by atoms with Gasteiger partial charge in [0.15, 0.2) is 0 Å². The van der Waals surface area contributed by atoms with Gasteiger partial charge in [-0.1, -0.05) is 38.3 Å². The maximum absolute atomic E-state index is 12.7. The molecule has 0 radical (unpaired) electrons. The molecule has 2 N–H and O–H groups in total. The van der Waals surface area contributed by atoms with Gasteiger partial charge in [0, 0.05) is 17.1 Å². The zero-order chi connectivity index (χ0) is 19.6. The van der Waals surface area contributed by atoms with Crippen molar-refractivity contribution < 1.29 is 9.59 Å². The van der Waals surface area contributed by atoms with Crippen LogP contribution in [0.15, 0.2) is 24.3 Å². The molecule has 2 amide bonds. The van der Waals surface area contributed by atoms with Gasteiger partial charge in [-0.15, -0.1) is 0 Å². The fourth-order valence-electron chi connectivity index (χ4n) is 3.33. The summed E-state index contributed by atoms with van der Waals surface area (Å²) in [4.78, 5) is 27.6. The van der Waals surface area contributed by atoms with Gasteiger partial charge in [0.1, 0.15) is 6.04 Å². The Morgan fingerprint density at radius 1 is 1.15 bits per heavy atom. The van der Waals surface area contributed by atoms with Crippen molar-refractivity contribution in [2.24, 2.45) is 5.92 Å². The van der Waals surface area contributed by atoms with Crippen molar-refractivity contribution in [2.75, 3.05) is 26.2 Å². The number of carbonyl (C=O) groups excluding carboxylic acids is 2. The molecule has 1 fully saturated rings. The second-order valence-corrected chi connectivity index (χ2v) is 7.83. The Morgan fingerprint density at radius 2 is 1.81 bits per heavy atom. The third-order valence-corrected chi connectivity index (χ3v) is 5.54. The maximum Gasteiger partial charge on any atom is 0.251 e. The Labute approximate surface area is 167 Å². The summed E-state index contributed by atoms with van der Waals surface area (Å²) >= 11 is 5.87. The van der Waals surface area contributed by atoms with E-state index in [4.69, 9.17) is 11.6 Å². The van der Waals surface area contributed by atoms with Crippen molar-refractivity contribution in [1.82, 2.24) is 15.5 Å². The van der Waals surface area contributed by atoms with Crippen LogP contribution in [0, 0.1) is 5.92 Å². The van der Waals surface area contributed by atoms with E-state index in [1.165, 1.54) is 32.4 Å². The van der Waals surface area contributed by atoms with Crippen LogP contribution in [-0.2, 0) is 4.79 Å². The number of halogens is 1. The fraction of sp³-hybridized carbons (Fsp3) is 0.619. The topological polar surface area (TPSA) is 61.4 Å². The molecule has 0 bridgehead atoms. The number of amides is 2. The van der Waals surface area contributed by atoms with E-state index in [0.717, 1.165) is 19.4 Å². The average Bonchev–Trinajstić information content (AvgIpc) is 2.69. The zero-order valence-corrected chi connectivity index (χ0v) is 17.2. The van der Waals surface area contributed by atoms with Crippen LogP contribution < -0.4 is 10.6 Å². The van der Waals surface area contributed by atoms with E-state index in [1.54, 1.807) is 24.3 Å². The molecule has 1 aromatic rings. The molecule has 0 aliphatic carbocycles. The summed E-state index contributed by atoms with van der Waals surface area (Å²) in [6.07, 6.45) is 5.63. The molecule has 0 saturated carbocycles. The Balaban J connectivity index is 1.83. The van der Waals surface area contributed by atoms with Gasteiger partial charge in [0.05, 0.1) is 0 Å². The van der Waals surface area contributed by atoms with Crippen LogP contribution in [0.3, 0.4) is 0 Å². The fourth-order valence-corrected chi connectivity index (χ4v) is 3.46. The van der Waals surface area contributed by atoms with Crippen molar-refractivity contribution in [3.8, 4) is 0 Å². The molecule has 1 aliphatic heterocycles. The molecule has 1 heterocycles. The van der Waals surface area contributed by atoms with Gasteiger partial charge in [-0.3, -0.25) is 9.59 Å². The highest BCUT2D eigenvalue weighted by molar-refractivity contribution is 6.30. The Hall–Kier alpha value is -1.59. The number of nitrogens with zero attached hydrogens (tertiary/aromatic N) is 1. The SMILES string of the molecule is CCC(C)C(NC(=O)c1ccc(Cl)cc1)C(=O)NCCCN1CCCCC1. The average molecular weight is 394 g/mol. The molecule has 0 spiro atoms. The molecule has 2 atom stereocenters. The normalized spacial score (nSPS) is 17.1. The molecule has 1 saturated heterocycles. The number of piperidine rings is 1. The maximum atomic E-state index is 12.7. The highest BCUT2D eigenvalue weighted by Crippen LogP contribution is 2.13. The van der Waals surface area contributed by atoms with E-state index >= 15 is 0 Å². The van der Waals surface area contributed by atoms with Crippen LogP contribution in [-0.4, -0.2) is 48.9 Å². The molecule has 150 valence electrons. The molecule has 1 aromatic carbocycles. The number of likely N-dealkylation sites (tertiary alicyclic amines) is 1. The molecular formula is C21H32ClN3O2. The lowest BCUT2D eigenvalue weighted by Crippen LogP contribution is -2.50. The zero-order valence-electron chi connectivity index (χ0n) is 16.5. The molecular weight excluding hydrogens is 362 g/mol. The first kappa shape index (κ1) is 21.7. The number of carbonyl (C=O) groups is 2. The number of hydrogen-bond donors (Lipinski definition) is 2. The smallest absolute Gasteiger partial charge is 0.251 e. The molecule has 0 aromatic heterocycles. The van der Waals surface area contributed by atoms with E-state index < -0.39 is 6.04 Å². The number of rotatable bonds is 9. The van der Waals surface area contributed by atoms with Crippen LogP contribution in [0.25, 0.3) is 0 Å². The summed E-state index contributed by atoms with van der Waals surface area (Å²) < 4.78 is 0. The lowest BCUT2D eigenvalue weighted by Gasteiger charge is -2.27. The molecule has 27 heavy (non-hydrogen) atoms. The van der Waals surface area contributed by atoms with E-state index in [-0.39, 0.29) is 17.7 Å². The minimum absolute atomic E-state index is 0.0587. The van der Waals surface area contributed by atoms with Gasteiger partial charge in [-0.2, -0.15) is 0 Å². The minimum atomic E-state index is -0.534. The van der Waals surface area contributed by atoms with Gasteiger partial charge in [-0.25, -0.2) is 0 Å². The van der Waals surface area contributed by atoms with E-state index in [0.29, 0.717) is 17.1 Å². The first-order chi connectivity index (χ1) is 13.0. The van der Waals surface area contributed by atoms with Crippen molar-refractivity contribution in [1.29, 1.82) is 0 Å². The lowest BCUT2D eigenvalue weighted by atomic mass is 9.97. The van der Waals surface area contributed by atoms with Gasteiger partial charge in [0.2, 0.25) is 5.91 Å². The van der Waals surface area contributed by atoms with Gasteiger partial charge in [-0.05, 0) is 69.1 Å². The molecule has 6 heteroatoms. The number of nitrogens with one attached hydrogen (secondary N) is 2. The third kappa shape index (κ3) is 7.15. The first-order valence-electron chi connectivity index (χ1n) is 10.1. The first-order valence-corrected chi connectivity index (χ1v) is 10.5. The van der Waals surface area contributed by atoms with Gasteiger partial charge >= 0.3 is 0 Å².